The van der Waals surface area contributed by atoms with Gasteiger partial charge in [0.05, 0.1) is 7.11 Å². The van der Waals surface area contributed by atoms with Gasteiger partial charge in [-0.1, -0.05) is 57.2 Å². The van der Waals surface area contributed by atoms with Gasteiger partial charge in [0.25, 0.3) is 0 Å². The zero-order valence-corrected chi connectivity index (χ0v) is 15.4. The lowest BCUT2D eigenvalue weighted by Crippen LogP contribution is -2.16. The van der Waals surface area contributed by atoms with Gasteiger partial charge in [-0.3, -0.25) is 0 Å². The lowest BCUT2D eigenvalue weighted by atomic mass is 9.78. The zero-order valence-electron chi connectivity index (χ0n) is 15.4. The quantitative estimate of drug-likeness (QED) is 0.572. The van der Waals surface area contributed by atoms with Crippen molar-refractivity contribution in [3.8, 4) is 16.9 Å². The molecule has 1 fully saturated rings. The molecular weight excluding hydrogens is 311 g/mol. The largest absolute Gasteiger partial charge is 0.497 e. The number of methoxy groups -OCH3 is 1. The van der Waals surface area contributed by atoms with Crippen molar-refractivity contribution >= 4 is 0 Å². The van der Waals surface area contributed by atoms with E-state index < -0.39 is 0 Å². The Balaban J connectivity index is 1.68. The number of benzene rings is 2. The van der Waals surface area contributed by atoms with Crippen LogP contribution in [0.2, 0.25) is 0 Å². The van der Waals surface area contributed by atoms with Crippen LogP contribution in [0.4, 0.5) is 4.39 Å². The van der Waals surface area contributed by atoms with Crippen LogP contribution < -0.4 is 4.74 Å². The first-order chi connectivity index (χ1) is 12.2. The molecule has 1 aliphatic rings. The van der Waals surface area contributed by atoms with Crippen LogP contribution in [0.3, 0.4) is 0 Å². The molecule has 3 rings (SSSR count). The second kappa shape index (κ2) is 8.51. The number of hydrogen-bond donors (Lipinski definition) is 0. The third-order valence-electron chi connectivity index (χ3n) is 5.79. The minimum Gasteiger partial charge on any atom is -0.497 e. The Labute approximate surface area is 151 Å². The Morgan fingerprint density at radius 3 is 2.36 bits per heavy atom. The minimum atomic E-state index is -0.0758. The van der Waals surface area contributed by atoms with Gasteiger partial charge in [-0.2, -0.15) is 0 Å². The zero-order chi connectivity index (χ0) is 17.6. The fourth-order valence-corrected chi connectivity index (χ4v) is 4.05. The SMILES string of the molecule is COc1ccc(-c2ccc(F)c(CC[C@H](C)C3CCCCC3)c2)cc1. The summed E-state index contributed by atoms with van der Waals surface area (Å²) in [5.74, 6) is 2.28. The highest BCUT2D eigenvalue weighted by molar-refractivity contribution is 5.65. The van der Waals surface area contributed by atoms with E-state index in [0.717, 1.165) is 41.2 Å². The smallest absolute Gasteiger partial charge is 0.126 e. The highest BCUT2D eigenvalue weighted by Gasteiger charge is 2.20. The molecule has 1 aliphatic carbocycles. The Bertz CT molecular complexity index is 671. The van der Waals surface area contributed by atoms with E-state index in [-0.39, 0.29) is 5.82 Å². The van der Waals surface area contributed by atoms with Crippen molar-refractivity contribution in [2.45, 2.75) is 51.9 Å². The summed E-state index contributed by atoms with van der Waals surface area (Å²) in [5, 5.41) is 0. The van der Waals surface area contributed by atoms with E-state index in [0.29, 0.717) is 5.92 Å². The maximum atomic E-state index is 14.3. The van der Waals surface area contributed by atoms with E-state index in [1.807, 2.05) is 36.4 Å². The molecule has 0 bridgehead atoms. The third-order valence-corrected chi connectivity index (χ3v) is 5.79. The van der Waals surface area contributed by atoms with Crippen molar-refractivity contribution < 1.29 is 9.13 Å². The average molecular weight is 340 g/mol. The van der Waals surface area contributed by atoms with Gasteiger partial charge in [0.15, 0.2) is 0 Å². The number of halogens is 1. The van der Waals surface area contributed by atoms with Crippen LogP contribution in [-0.2, 0) is 6.42 Å². The summed E-state index contributed by atoms with van der Waals surface area (Å²) < 4.78 is 19.5. The Morgan fingerprint density at radius 2 is 1.68 bits per heavy atom. The van der Waals surface area contributed by atoms with E-state index in [9.17, 15) is 4.39 Å². The van der Waals surface area contributed by atoms with Gasteiger partial charge in [0, 0.05) is 0 Å². The standard InChI is InChI=1S/C23H29FO/c1-17(18-6-4-3-5-7-18)8-9-21-16-20(12-15-23(21)24)19-10-13-22(25-2)14-11-19/h10-18H,3-9H2,1-2H3/t17-/m0/s1. The summed E-state index contributed by atoms with van der Waals surface area (Å²) in [4.78, 5) is 0. The molecular formula is C23H29FO. The van der Waals surface area contributed by atoms with Gasteiger partial charge in [-0.25, -0.2) is 4.39 Å². The molecule has 0 spiro atoms. The molecule has 1 atom stereocenters. The van der Waals surface area contributed by atoms with Crippen molar-refractivity contribution in [1.82, 2.24) is 0 Å². The monoisotopic (exact) mass is 340 g/mol. The molecule has 1 saturated carbocycles. The number of ether oxygens (including phenoxy) is 1. The second-order valence-electron chi connectivity index (χ2n) is 7.45. The second-order valence-corrected chi connectivity index (χ2v) is 7.45. The lowest BCUT2D eigenvalue weighted by molar-refractivity contribution is 0.252. The van der Waals surface area contributed by atoms with Gasteiger partial charge in [0.1, 0.15) is 11.6 Å². The average Bonchev–Trinajstić information content (AvgIpc) is 2.68. The highest BCUT2D eigenvalue weighted by atomic mass is 19.1. The Kier molecular flexibility index (Phi) is 6.12. The Hall–Kier alpha value is -1.83. The maximum Gasteiger partial charge on any atom is 0.126 e. The fraction of sp³-hybridized carbons (Fsp3) is 0.478. The molecule has 2 aromatic rings. The molecule has 0 aliphatic heterocycles. The summed E-state index contributed by atoms with van der Waals surface area (Å²) in [6.45, 7) is 2.35. The van der Waals surface area contributed by atoms with E-state index in [2.05, 4.69) is 6.92 Å². The van der Waals surface area contributed by atoms with Gasteiger partial charge >= 0.3 is 0 Å². The summed E-state index contributed by atoms with van der Waals surface area (Å²) in [7, 11) is 1.67. The summed E-state index contributed by atoms with van der Waals surface area (Å²) in [6.07, 6.45) is 8.75. The molecule has 25 heavy (non-hydrogen) atoms. The van der Waals surface area contributed by atoms with Gasteiger partial charge < -0.3 is 4.74 Å². The normalized spacial score (nSPS) is 16.6. The molecule has 134 valence electrons. The van der Waals surface area contributed by atoms with Gasteiger partial charge in [0.2, 0.25) is 0 Å². The molecule has 1 nitrogen and oxygen atoms in total. The van der Waals surface area contributed by atoms with Crippen LogP contribution >= 0.6 is 0 Å². The summed E-state index contributed by atoms with van der Waals surface area (Å²) >= 11 is 0. The van der Waals surface area contributed by atoms with Crippen molar-refractivity contribution in [2.24, 2.45) is 11.8 Å². The predicted octanol–water partition coefficient (Wildman–Crippen LogP) is 6.65. The lowest BCUT2D eigenvalue weighted by Gasteiger charge is -2.27. The highest BCUT2D eigenvalue weighted by Crippen LogP contribution is 2.33. The minimum absolute atomic E-state index is 0.0758. The van der Waals surface area contributed by atoms with Crippen LogP contribution in [-0.4, -0.2) is 7.11 Å². The first-order valence-corrected chi connectivity index (χ1v) is 9.60. The number of aryl methyl sites for hydroxylation is 1. The van der Waals surface area contributed by atoms with E-state index in [1.54, 1.807) is 13.2 Å². The first-order valence-electron chi connectivity index (χ1n) is 9.60. The maximum absolute atomic E-state index is 14.3. The van der Waals surface area contributed by atoms with Crippen molar-refractivity contribution in [1.29, 1.82) is 0 Å². The molecule has 0 heterocycles. The molecule has 2 heteroatoms. The van der Waals surface area contributed by atoms with E-state index in [4.69, 9.17) is 4.74 Å². The van der Waals surface area contributed by atoms with Gasteiger partial charge in [-0.15, -0.1) is 0 Å². The first kappa shape index (κ1) is 18.0. The Morgan fingerprint density at radius 1 is 1.00 bits per heavy atom. The summed E-state index contributed by atoms with van der Waals surface area (Å²) in [5.41, 5.74) is 3.02. The van der Waals surface area contributed by atoms with Crippen molar-refractivity contribution in [2.75, 3.05) is 7.11 Å². The third kappa shape index (κ3) is 4.62. The molecule has 0 amide bonds. The summed E-state index contributed by atoms with van der Waals surface area (Å²) in [6, 6.07) is 13.4. The van der Waals surface area contributed by atoms with Crippen molar-refractivity contribution in [3.63, 3.8) is 0 Å². The molecule has 0 unspecified atom stereocenters. The fourth-order valence-electron chi connectivity index (χ4n) is 4.05. The van der Waals surface area contributed by atoms with Crippen molar-refractivity contribution in [3.05, 3.63) is 53.8 Å². The molecule has 2 aromatic carbocycles. The van der Waals surface area contributed by atoms with Gasteiger partial charge in [-0.05, 0) is 65.6 Å². The molecule has 0 saturated heterocycles. The van der Waals surface area contributed by atoms with Crippen LogP contribution in [0.15, 0.2) is 42.5 Å². The number of rotatable bonds is 6. The molecule has 0 aromatic heterocycles. The van der Waals surface area contributed by atoms with Crippen LogP contribution in [0, 0.1) is 17.7 Å². The van der Waals surface area contributed by atoms with Crippen LogP contribution in [0.1, 0.15) is 51.0 Å². The predicted molar refractivity (Wildman–Crippen MR) is 102 cm³/mol. The van der Waals surface area contributed by atoms with E-state index in [1.165, 1.54) is 32.1 Å². The van der Waals surface area contributed by atoms with Crippen LogP contribution in [0.25, 0.3) is 11.1 Å². The topological polar surface area (TPSA) is 9.23 Å². The molecule has 0 N–H and O–H groups in total. The van der Waals surface area contributed by atoms with Crippen LogP contribution in [0.5, 0.6) is 5.75 Å². The van der Waals surface area contributed by atoms with E-state index >= 15 is 0 Å². The molecule has 0 radical (unpaired) electrons. The number of hydrogen-bond acceptors (Lipinski definition) is 1.